The molecule has 1 amide bonds. The summed E-state index contributed by atoms with van der Waals surface area (Å²) in [5.74, 6) is 4.38. The fraction of sp³-hybridized carbons (Fsp3) is 0.412. The molecule has 0 radical (unpaired) electrons. The van der Waals surface area contributed by atoms with E-state index in [-0.39, 0.29) is 19.6 Å². The first-order valence-electron chi connectivity index (χ1n) is 7.70. The largest absolute Gasteiger partial charge is 0.395 e. The van der Waals surface area contributed by atoms with Gasteiger partial charge < -0.3 is 9.67 Å². The summed E-state index contributed by atoms with van der Waals surface area (Å²) >= 11 is 0. The number of aliphatic hydroxyl groups excluding tert-OH is 1. The van der Waals surface area contributed by atoms with Crippen LogP contribution in [0.3, 0.4) is 0 Å². The van der Waals surface area contributed by atoms with Gasteiger partial charge in [-0.3, -0.25) is 14.8 Å². The summed E-state index contributed by atoms with van der Waals surface area (Å²) in [4.78, 5) is 24.0. The predicted octanol–water partition coefficient (Wildman–Crippen LogP) is -0.0539. The van der Waals surface area contributed by atoms with Crippen LogP contribution in [0.5, 0.6) is 0 Å². The van der Waals surface area contributed by atoms with Gasteiger partial charge in [0, 0.05) is 37.1 Å². The number of hydrogen-bond donors (Lipinski definition) is 3. The number of sulfone groups is 1. The quantitative estimate of drug-likeness (QED) is 0.345. The number of carbonyl (C=O) groups is 1. The molecule has 8 nitrogen and oxygen atoms in total. The number of hydrogen-bond acceptors (Lipinski definition) is 6. The van der Waals surface area contributed by atoms with Crippen molar-refractivity contribution in [2.45, 2.75) is 31.1 Å². The third-order valence-electron chi connectivity index (χ3n) is 4.05. The SMILES string of the molecule is C=C(C#CCCO)c1ccn(CCC(C)(C(=O)NO)S(C)(=O)=O)c(=O)c1. The van der Waals surface area contributed by atoms with Crippen LogP contribution >= 0.6 is 0 Å². The molecule has 0 spiro atoms. The van der Waals surface area contributed by atoms with Crippen molar-refractivity contribution in [2.75, 3.05) is 12.9 Å². The highest BCUT2D eigenvalue weighted by molar-refractivity contribution is 7.92. The van der Waals surface area contributed by atoms with Gasteiger partial charge in [0.1, 0.15) is 0 Å². The standard InChI is InChI=1S/C17H22N2O6S/c1-13(6-4-5-11-20)14-7-9-19(15(21)12-14)10-8-17(2,16(22)18-23)26(3,24)25/h7,9,12,20,23H,1,5,8,10-11H2,2-3H3,(H,18,22). The third kappa shape index (κ3) is 5.05. The van der Waals surface area contributed by atoms with Crippen molar-refractivity contribution in [1.82, 2.24) is 10.0 Å². The van der Waals surface area contributed by atoms with Crippen LogP contribution in [0.1, 0.15) is 25.3 Å². The molecule has 1 aromatic heterocycles. The molecule has 0 aliphatic rings. The monoisotopic (exact) mass is 382 g/mol. The lowest BCUT2D eigenvalue weighted by molar-refractivity contribution is -0.131. The molecule has 0 fully saturated rings. The van der Waals surface area contributed by atoms with E-state index in [0.717, 1.165) is 6.26 Å². The summed E-state index contributed by atoms with van der Waals surface area (Å²) in [6.07, 6.45) is 2.45. The van der Waals surface area contributed by atoms with E-state index in [2.05, 4.69) is 18.4 Å². The lowest BCUT2D eigenvalue weighted by atomic mass is 10.1. The number of nitrogens with zero attached hydrogens (tertiary/aromatic N) is 1. The van der Waals surface area contributed by atoms with Gasteiger partial charge in [-0.2, -0.15) is 0 Å². The number of aliphatic hydroxyl groups is 1. The van der Waals surface area contributed by atoms with E-state index in [0.29, 0.717) is 17.6 Å². The Kier molecular flexibility index (Phi) is 7.32. The van der Waals surface area contributed by atoms with Gasteiger partial charge >= 0.3 is 0 Å². The van der Waals surface area contributed by atoms with Crippen molar-refractivity contribution in [3.05, 3.63) is 40.8 Å². The topological polar surface area (TPSA) is 126 Å². The molecule has 1 unspecified atom stereocenters. The average Bonchev–Trinajstić information content (AvgIpc) is 2.58. The highest BCUT2D eigenvalue weighted by Gasteiger charge is 2.43. The van der Waals surface area contributed by atoms with E-state index in [1.165, 1.54) is 29.2 Å². The molecule has 142 valence electrons. The van der Waals surface area contributed by atoms with E-state index < -0.39 is 26.1 Å². The number of pyridine rings is 1. The average molecular weight is 382 g/mol. The van der Waals surface area contributed by atoms with Gasteiger partial charge in [0.15, 0.2) is 14.6 Å². The van der Waals surface area contributed by atoms with E-state index in [9.17, 15) is 18.0 Å². The lowest BCUT2D eigenvalue weighted by Crippen LogP contribution is -2.49. The molecule has 1 rings (SSSR count). The van der Waals surface area contributed by atoms with Crippen LogP contribution in [-0.4, -0.2) is 46.8 Å². The molecule has 0 aliphatic carbocycles. The number of aromatic nitrogens is 1. The van der Waals surface area contributed by atoms with E-state index in [1.807, 2.05) is 0 Å². The number of aryl methyl sites for hydroxylation is 1. The fourth-order valence-corrected chi connectivity index (χ4v) is 2.94. The van der Waals surface area contributed by atoms with Crippen molar-refractivity contribution in [2.24, 2.45) is 0 Å². The first-order chi connectivity index (χ1) is 12.1. The Hall–Kier alpha value is -2.41. The van der Waals surface area contributed by atoms with Crippen molar-refractivity contribution in [1.29, 1.82) is 0 Å². The van der Waals surface area contributed by atoms with Crippen molar-refractivity contribution < 1.29 is 23.5 Å². The zero-order valence-corrected chi connectivity index (χ0v) is 15.5. The first kappa shape index (κ1) is 21.6. The Morgan fingerprint density at radius 1 is 1.46 bits per heavy atom. The molecular formula is C17H22N2O6S. The van der Waals surface area contributed by atoms with Gasteiger partial charge in [-0.15, -0.1) is 0 Å². The Labute approximate surface area is 152 Å². The normalized spacial score (nSPS) is 13.2. The van der Waals surface area contributed by atoms with E-state index in [1.54, 1.807) is 6.07 Å². The van der Waals surface area contributed by atoms with Crippen LogP contribution in [0.15, 0.2) is 29.7 Å². The fourth-order valence-electron chi connectivity index (χ4n) is 2.10. The predicted molar refractivity (Wildman–Crippen MR) is 97.0 cm³/mol. The molecule has 0 saturated heterocycles. The summed E-state index contributed by atoms with van der Waals surface area (Å²) in [6.45, 7) is 4.83. The molecule has 26 heavy (non-hydrogen) atoms. The number of nitrogens with one attached hydrogen (secondary N) is 1. The van der Waals surface area contributed by atoms with E-state index >= 15 is 0 Å². The lowest BCUT2D eigenvalue weighted by Gasteiger charge is -2.25. The third-order valence-corrected chi connectivity index (χ3v) is 6.08. The maximum Gasteiger partial charge on any atom is 0.264 e. The van der Waals surface area contributed by atoms with Crippen LogP contribution < -0.4 is 11.0 Å². The van der Waals surface area contributed by atoms with Gasteiger partial charge in [0.05, 0.1) is 6.61 Å². The summed E-state index contributed by atoms with van der Waals surface area (Å²) in [5.41, 5.74) is 1.88. The summed E-state index contributed by atoms with van der Waals surface area (Å²) in [7, 11) is -3.83. The summed E-state index contributed by atoms with van der Waals surface area (Å²) in [6, 6.07) is 2.90. The Bertz CT molecular complexity index is 907. The summed E-state index contributed by atoms with van der Waals surface area (Å²) in [5, 5.41) is 17.5. The number of carbonyl (C=O) groups excluding carboxylic acids is 1. The minimum absolute atomic E-state index is 0.0429. The van der Waals surface area contributed by atoms with Crippen LogP contribution in [0.2, 0.25) is 0 Å². The van der Waals surface area contributed by atoms with Crippen molar-refractivity contribution in [3.8, 4) is 11.8 Å². The number of hydroxylamine groups is 1. The molecule has 0 aliphatic heterocycles. The molecule has 1 atom stereocenters. The van der Waals surface area contributed by atoms with Crippen molar-refractivity contribution in [3.63, 3.8) is 0 Å². The van der Waals surface area contributed by atoms with Gasteiger partial charge in [-0.25, -0.2) is 13.9 Å². The molecule has 0 aromatic carbocycles. The minimum Gasteiger partial charge on any atom is -0.395 e. The second-order valence-corrected chi connectivity index (χ2v) is 8.34. The van der Waals surface area contributed by atoms with Gasteiger partial charge in [0.25, 0.3) is 11.5 Å². The van der Waals surface area contributed by atoms with E-state index in [4.69, 9.17) is 10.3 Å². The van der Waals surface area contributed by atoms with Crippen LogP contribution in [0.4, 0.5) is 0 Å². The Balaban J connectivity index is 3.02. The Morgan fingerprint density at radius 2 is 2.12 bits per heavy atom. The Morgan fingerprint density at radius 3 is 2.62 bits per heavy atom. The van der Waals surface area contributed by atoms with Crippen LogP contribution in [0, 0.1) is 11.8 Å². The molecule has 1 aromatic rings. The molecule has 0 saturated carbocycles. The second-order valence-electron chi connectivity index (χ2n) is 5.89. The smallest absolute Gasteiger partial charge is 0.264 e. The summed E-state index contributed by atoms with van der Waals surface area (Å²) < 4.78 is 23.2. The maximum atomic E-state index is 12.2. The van der Waals surface area contributed by atoms with Crippen LogP contribution in [-0.2, 0) is 21.2 Å². The zero-order chi connectivity index (χ0) is 20.0. The molecule has 0 bridgehead atoms. The highest BCUT2D eigenvalue weighted by atomic mass is 32.2. The second kappa shape index (κ2) is 8.80. The maximum absolute atomic E-state index is 12.2. The highest BCUT2D eigenvalue weighted by Crippen LogP contribution is 2.22. The molecule has 3 N–H and O–H groups in total. The van der Waals surface area contributed by atoms with Gasteiger partial charge in [-0.05, 0) is 25.0 Å². The van der Waals surface area contributed by atoms with Gasteiger partial charge in [-0.1, -0.05) is 18.4 Å². The molecule has 9 heteroatoms. The number of allylic oxidation sites excluding steroid dienone is 1. The number of amides is 1. The number of rotatable bonds is 7. The van der Waals surface area contributed by atoms with Crippen molar-refractivity contribution >= 4 is 21.3 Å². The van der Waals surface area contributed by atoms with Crippen LogP contribution in [0.25, 0.3) is 5.57 Å². The minimum atomic E-state index is -3.83. The first-order valence-corrected chi connectivity index (χ1v) is 9.59. The molecular weight excluding hydrogens is 360 g/mol. The van der Waals surface area contributed by atoms with Gasteiger partial charge in [0.2, 0.25) is 0 Å². The molecule has 1 heterocycles. The zero-order valence-electron chi connectivity index (χ0n) is 14.7.